The maximum absolute atomic E-state index is 12.2. The number of hydrogen-bond donors (Lipinski definition) is 0. The van der Waals surface area contributed by atoms with Crippen molar-refractivity contribution in [1.82, 2.24) is 4.90 Å². The number of nitrogens with zero attached hydrogens (tertiary/aromatic N) is 1. The summed E-state index contributed by atoms with van der Waals surface area (Å²) in [5.74, 6) is -3.03. The van der Waals surface area contributed by atoms with Gasteiger partial charge in [0.25, 0.3) is 0 Å². The van der Waals surface area contributed by atoms with Crippen LogP contribution in [-0.4, -0.2) is 42.6 Å². The van der Waals surface area contributed by atoms with Crippen molar-refractivity contribution in [3.05, 3.63) is 0 Å². The highest BCUT2D eigenvalue weighted by molar-refractivity contribution is 5.83. The minimum atomic E-state index is -4.87. The molecule has 0 radical (unpaired) electrons. The highest BCUT2D eigenvalue weighted by Crippen LogP contribution is 2.24. The number of likely N-dealkylation sites (tertiary alicyclic amines) is 1. The summed E-state index contributed by atoms with van der Waals surface area (Å²) in [6, 6.07) is 0. The Bertz CT molecular complexity index is 317. The molecule has 0 N–H and O–H groups in total. The predicted molar refractivity (Wildman–Crippen MR) is 56.6 cm³/mol. The first kappa shape index (κ1) is 14.8. The first-order valence-corrected chi connectivity index (χ1v) is 5.89. The molecule has 7 heteroatoms. The first-order valence-electron chi connectivity index (χ1n) is 5.89. The lowest BCUT2D eigenvalue weighted by molar-refractivity contribution is -0.184. The molecule has 104 valence electrons. The fourth-order valence-electron chi connectivity index (χ4n) is 1.75. The molecule has 1 heterocycles. The van der Waals surface area contributed by atoms with Gasteiger partial charge in [-0.25, -0.2) is 0 Å². The molecule has 1 atom stereocenters. The summed E-state index contributed by atoms with van der Waals surface area (Å²) in [5, 5.41) is 0. The Hall–Kier alpha value is -1.27. The molecule has 1 amide bonds. The van der Waals surface area contributed by atoms with Gasteiger partial charge in [0.1, 0.15) is 0 Å². The third-order valence-electron chi connectivity index (χ3n) is 2.79. The predicted octanol–water partition coefficient (Wildman–Crippen LogP) is 1.74. The third-order valence-corrected chi connectivity index (χ3v) is 2.79. The maximum atomic E-state index is 12.2. The van der Waals surface area contributed by atoms with Crippen LogP contribution in [0.15, 0.2) is 0 Å². The Labute approximate surface area is 103 Å². The zero-order chi connectivity index (χ0) is 13.8. The van der Waals surface area contributed by atoms with Crippen molar-refractivity contribution >= 4 is 11.9 Å². The molecule has 18 heavy (non-hydrogen) atoms. The average molecular weight is 267 g/mol. The summed E-state index contributed by atoms with van der Waals surface area (Å²) in [5.41, 5.74) is 0. The monoisotopic (exact) mass is 267 g/mol. The Morgan fingerprint density at radius 2 is 2.06 bits per heavy atom. The largest absolute Gasteiger partial charge is 0.471 e. The van der Waals surface area contributed by atoms with Gasteiger partial charge in [-0.3, -0.25) is 9.59 Å². The summed E-state index contributed by atoms with van der Waals surface area (Å²) in [6.45, 7) is 1.96. The van der Waals surface area contributed by atoms with E-state index in [-0.39, 0.29) is 26.1 Å². The smallest absolute Gasteiger partial charge is 0.465 e. The highest BCUT2D eigenvalue weighted by atomic mass is 19.4. The van der Waals surface area contributed by atoms with Crippen molar-refractivity contribution in [2.75, 3.05) is 19.7 Å². The molecule has 0 saturated carbocycles. The van der Waals surface area contributed by atoms with Gasteiger partial charge in [0.2, 0.25) is 0 Å². The van der Waals surface area contributed by atoms with E-state index in [1.807, 2.05) is 6.92 Å². The van der Waals surface area contributed by atoms with E-state index in [1.165, 1.54) is 0 Å². The van der Waals surface area contributed by atoms with Crippen molar-refractivity contribution < 1.29 is 27.5 Å². The van der Waals surface area contributed by atoms with Crippen LogP contribution in [0.25, 0.3) is 0 Å². The van der Waals surface area contributed by atoms with Crippen LogP contribution in [0.5, 0.6) is 0 Å². The minimum Gasteiger partial charge on any atom is -0.465 e. The Kier molecular flexibility index (Phi) is 4.98. The summed E-state index contributed by atoms with van der Waals surface area (Å²) >= 11 is 0. The van der Waals surface area contributed by atoms with Gasteiger partial charge >= 0.3 is 18.1 Å². The van der Waals surface area contributed by atoms with Crippen LogP contribution in [0, 0.1) is 5.92 Å². The van der Waals surface area contributed by atoms with Gasteiger partial charge in [-0.1, -0.05) is 13.3 Å². The van der Waals surface area contributed by atoms with E-state index < -0.39 is 24.0 Å². The summed E-state index contributed by atoms with van der Waals surface area (Å²) < 4.78 is 41.4. The molecule has 4 nitrogen and oxygen atoms in total. The number of amides is 1. The van der Waals surface area contributed by atoms with Crippen molar-refractivity contribution in [2.45, 2.75) is 32.4 Å². The fourth-order valence-corrected chi connectivity index (χ4v) is 1.75. The second kappa shape index (κ2) is 6.06. The van der Waals surface area contributed by atoms with E-state index >= 15 is 0 Å². The van der Waals surface area contributed by atoms with E-state index in [0.29, 0.717) is 4.90 Å². The minimum absolute atomic E-state index is 0.0497. The number of carbonyl (C=O) groups is 2. The molecule has 0 aromatic rings. The SMILES string of the molecule is CCCCOC(=O)C1CCN(C(=O)C(F)(F)F)C1. The number of esters is 1. The summed E-state index contributed by atoms with van der Waals surface area (Å²) in [6.07, 6.45) is -3.05. The van der Waals surface area contributed by atoms with Gasteiger partial charge in [0.05, 0.1) is 12.5 Å². The summed E-state index contributed by atoms with van der Waals surface area (Å²) in [4.78, 5) is 23.1. The molecule has 0 aromatic carbocycles. The number of rotatable bonds is 4. The van der Waals surface area contributed by atoms with Crippen LogP contribution in [0.4, 0.5) is 13.2 Å². The van der Waals surface area contributed by atoms with Gasteiger partial charge < -0.3 is 9.64 Å². The number of ether oxygens (including phenoxy) is 1. The molecule has 1 unspecified atom stereocenters. The molecule has 1 fully saturated rings. The molecule has 1 saturated heterocycles. The quantitative estimate of drug-likeness (QED) is 0.576. The molecule has 0 spiro atoms. The molecular formula is C11H16F3NO3. The average Bonchev–Trinajstić information content (AvgIpc) is 2.76. The number of alkyl halides is 3. The molecule has 0 aromatic heterocycles. The van der Waals surface area contributed by atoms with E-state index in [4.69, 9.17) is 4.74 Å². The molecule has 0 bridgehead atoms. The molecule has 1 aliphatic rings. The zero-order valence-corrected chi connectivity index (χ0v) is 10.1. The van der Waals surface area contributed by atoms with Crippen LogP contribution in [-0.2, 0) is 14.3 Å². The lowest BCUT2D eigenvalue weighted by atomic mass is 10.1. The highest BCUT2D eigenvalue weighted by Gasteiger charge is 2.45. The maximum Gasteiger partial charge on any atom is 0.471 e. The van der Waals surface area contributed by atoms with Crippen LogP contribution < -0.4 is 0 Å². The zero-order valence-electron chi connectivity index (χ0n) is 10.1. The van der Waals surface area contributed by atoms with E-state index in [2.05, 4.69) is 0 Å². The van der Waals surface area contributed by atoms with Gasteiger partial charge in [0.15, 0.2) is 0 Å². The Morgan fingerprint density at radius 1 is 1.39 bits per heavy atom. The molecule has 0 aliphatic carbocycles. The second-order valence-electron chi connectivity index (χ2n) is 4.26. The number of unbranched alkanes of at least 4 members (excludes halogenated alkanes) is 1. The number of halogens is 3. The topological polar surface area (TPSA) is 46.6 Å². The van der Waals surface area contributed by atoms with E-state index in [9.17, 15) is 22.8 Å². The van der Waals surface area contributed by atoms with Crippen LogP contribution >= 0.6 is 0 Å². The van der Waals surface area contributed by atoms with Crippen LogP contribution in [0.1, 0.15) is 26.2 Å². The molecular weight excluding hydrogens is 251 g/mol. The van der Waals surface area contributed by atoms with E-state index in [1.54, 1.807) is 0 Å². The fraction of sp³-hybridized carbons (Fsp3) is 0.818. The van der Waals surface area contributed by atoms with Crippen LogP contribution in [0.2, 0.25) is 0 Å². The normalized spacial score (nSPS) is 20.0. The van der Waals surface area contributed by atoms with Crippen molar-refractivity contribution in [3.63, 3.8) is 0 Å². The van der Waals surface area contributed by atoms with Gasteiger partial charge in [-0.05, 0) is 12.8 Å². The number of carbonyl (C=O) groups excluding carboxylic acids is 2. The standard InChI is InChI=1S/C11H16F3NO3/c1-2-3-6-18-9(16)8-4-5-15(7-8)10(17)11(12,13)14/h8H,2-7H2,1H3. The first-order chi connectivity index (χ1) is 8.36. The lowest BCUT2D eigenvalue weighted by Gasteiger charge is -2.17. The van der Waals surface area contributed by atoms with Crippen molar-refractivity contribution in [3.8, 4) is 0 Å². The molecule has 1 aliphatic heterocycles. The van der Waals surface area contributed by atoms with Gasteiger partial charge in [-0.2, -0.15) is 13.2 Å². The van der Waals surface area contributed by atoms with Crippen molar-refractivity contribution in [2.24, 2.45) is 5.92 Å². The molecule has 1 rings (SSSR count). The van der Waals surface area contributed by atoms with Gasteiger partial charge in [0, 0.05) is 13.1 Å². The third kappa shape index (κ3) is 3.89. The van der Waals surface area contributed by atoms with Crippen LogP contribution in [0.3, 0.4) is 0 Å². The lowest BCUT2D eigenvalue weighted by Crippen LogP contribution is -2.40. The number of hydrogen-bond acceptors (Lipinski definition) is 3. The Morgan fingerprint density at radius 3 is 2.61 bits per heavy atom. The van der Waals surface area contributed by atoms with Gasteiger partial charge in [-0.15, -0.1) is 0 Å². The Balaban J connectivity index is 2.41. The second-order valence-corrected chi connectivity index (χ2v) is 4.26. The van der Waals surface area contributed by atoms with Crippen molar-refractivity contribution in [1.29, 1.82) is 0 Å². The summed E-state index contributed by atoms with van der Waals surface area (Å²) in [7, 11) is 0. The van der Waals surface area contributed by atoms with E-state index in [0.717, 1.165) is 12.8 Å².